The second-order valence-corrected chi connectivity index (χ2v) is 5.26. The Balaban J connectivity index is 2.32. The molecule has 1 saturated carbocycles. The van der Waals surface area contributed by atoms with Crippen molar-refractivity contribution in [1.82, 2.24) is 0 Å². The van der Waals surface area contributed by atoms with Crippen LogP contribution in [0.2, 0.25) is 0 Å². The molecule has 2 rings (SSSR count). The zero-order chi connectivity index (χ0) is 11.8. The van der Waals surface area contributed by atoms with Crippen LogP contribution in [0.25, 0.3) is 0 Å². The predicted octanol–water partition coefficient (Wildman–Crippen LogP) is 3.75. The zero-order valence-corrected chi connectivity index (χ0v) is 9.96. The normalized spacial score (nSPS) is 21.0. The molecule has 1 nitrogen and oxygen atoms in total. The van der Waals surface area contributed by atoms with E-state index in [1.54, 1.807) is 6.07 Å². The number of hydrogen-bond donors (Lipinski definition) is 1. The number of aliphatic hydroxyl groups is 1. The average Bonchev–Trinajstić information content (AvgIpc) is 2.69. The minimum atomic E-state index is -0.536. The molecule has 1 atom stereocenters. The van der Waals surface area contributed by atoms with E-state index in [0.717, 1.165) is 24.0 Å². The van der Waals surface area contributed by atoms with Crippen LogP contribution in [0.15, 0.2) is 18.2 Å². The number of aliphatic hydroxyl groups excluding tert-OH is 1. The van der Waals surface area contributed by atoms with Crippen molar-refractivity contribution >= 4 is 0 Å². The van der Waals surface area contributed by atoms with E-state index in [4.69, 9.17) is 0 Å². The lowest BCUT2D eigenvalue weighted by atomic mass is 9.78. The van der Waals surface area contributed by atoms with Gasteiger partial charge in [-0.15, -0.1) is 0 Å². The molecule has 1 aromatic rings. The molecular formula is C14H19FO. The summed E-state index contributed by atoms with van der Waals surface area (Å²) in [5, 5.41) is 10.4. The predicted molar refractivity (Wildman–Crippen MR) is 62.7 cm³/mol. The highest BCUT2D eigenvalue weighted by Gasteiger charge is 2.37. The Morgan fingerprint density at radius 1 is 1.31 bits per heavy atom. The highest BCUT2D eigenvalue weighted by Crippen LogP contribution is 2.47. The molecular weight excluding hydrogens is 203 g/mol. The van der Waals surface area contributed by atoms with Crippen LogP contribution >= 0.6 is 0 Å². The first kappa shape index (κ1) is 11.6. The van der Waals surface area contributed by atoms with Gasteiger partial charge in [0.15, 0.2) is 0 Å². The second kappa shape index (κ2) is 4.17. The van der Waals surface area contributed by atoms with E-state index in [-0.39, 0.29) is 11.2 Å². The van der Waals surface area contributed by atoms with Gasteiger partial charge in [0.25, 0.3) is 0 Å². The molecule has 16 heavy (non-hydrogen) atoms. The fourth-order valence-electron chi connectivity index (χ4n) is 2.74. The first-order valence-electron chi connectivity index (χ1n) is 5.97. The van der Waals surface area contributed by atoms with E-state index in [1.165, 1.54) is 25.0 Å². The lowest BCUT2D eigenvalue weighted by Gasteiger charge is -2.31. The van der Waals surface area contributed by atoms with Crippen molar-refractivity contribution in [2.24, 2.45) is 5.41 Å². The van der Waals surface area contributed by atoms with Crippen LogP contribution in [-0.4, -0.2) is 5.11 Å². The molecule has 1 aromatic carbocycles. The third kappa shape index (κ3) is 1.99. The molecule has 1 aliphatic carbocycles. The van der Waals surface area contributed by atoms with Crippen LogP contribution in [0.3, 0.4) is 0 Å². The number of benzene rings is 1. The van der Waals surface area contributed by atoms with Crippen LogP contribution < -0.4 is 0 Å². The van der Waals surface area contributed by atoms with E-state index in [0.29, 0.717) is 0 Å². The summed E-state index contributed by atoms with van der Waals surface area (Å²) in [4.78, 5) is 0. The molecule has 0 spiro atoms. The topological polar surface area (TPSA) is 20.2 Å². The second-order valence-electron chi connectivity index (χ2n) is 5.26. The molecule has 88 valence electrons. The van der Waals surface area contributed by atoms with E-state index >= 15 is 0 Å². The first-order valence-corrected chi connectivity index (χ1v) is 5.97. The van der Waals surface area contributed by atoms with Crippen LogP contribution in [0.5, 0.6) is 0 Å². The summed E-state index contributed by atoms with van der Waals surface area (Å²) in [6, 6.07) is 4.66. The molecule has 0 saturated heterocycles. The summed E-state index contributed by atoms with van der Waals surface area (Å²) in [5.74, 6) is -0.263. The fraction of sp³-hybridized carbons (Fsp3) is 0.571. The highest BCUT2D eigenvalue weighted by atomic mass is 19.1. The number of aryl methyl sites for hydroxylation is 1. The van der Waals surface area contributed by atoms with Gasteiger partial charge in [-0.25, -0.2) is 4.39 Å². The van der Waals surface area contributed by atoms with Crippen LogP contribution in [0.4, 0.5) is 4.39 Å². The molecule has 0 radical (unpaired) electrons. The molecule has 0 aromatic heterocycles. The summed E-state index contributed by atoms with van der Waals surface area (Å²) in [6.45, 7) is 4.03. The van der Waals surface area contributed by atoms with Crippen molar-refractivity contribution in [2.75, 3.05) is 0 Å². The largest absolute Gasteiger partial charge is 0.388 e. The van der Waals surface area contributed by atoms with E-state index in [1.807, 2.05) is 6.92 Å². The molecule has 0 heterocycles. The summed E-state index contributed by atoms with van der Waals surface area (Å²) < 4.78 is 13.2. The minimum absolute atomic E-state index is 0.0709. The molecule has 0 amide bonds. The molecule has 1 aliphatic rings. The highest BCUT2D eigenvalue weighted by molar-refractivity contribution is 5.30. The zero-order valence-electron chi connectivity index (χ0n) is 9.96. The first-order chi connectivity index (χ1) is 7.53. The Morgan fingerprint density at radius 2 is 1.94 bits per heavy atom. The Labute approximate surface area is 96.3 Å². The van der Waals surface area contributed by atoms with Gasteiger partial charge < -0.3 is 5.11 Å². The third-order valence-electron chi connectivity index (χ3n) is 3.94. The Bertz CT molecular complexity index is 380. The molecule has 1 N–H and O–H groups in total. The van der Waals surface area contributed by atoms with Crippen molar-refractivity contribution in [2.45, 2.75) is 45.6 Å². The SMILES string of the molecule is Cc1ccc(F)cc1C(O)C1(C)CCCC1. The van der Waals surface area contributed by atoms with Crippen LogP contribution in [0.1, 0.15) is 49.8 Å². The summed E-state index contributed by atoms with van der Waals surface area (Å²) >= 11 is 0. The third-order valence-corrected chi connectivity index (χ3v) is 3.94. The van der Waals surface area contributed by atoms with Crippen molar-refractivity contribution in [1.29, 1.82) is 0 Å². The van der Waals surface area contributed by atoms with E-state index in [2.05, 4.69) is 6.92 Å². The van der Waals surface area contributed by atoms with Crippen molar-refractivity contribution in [3.63, 3.8) is 0 Å². The Kier molecular flexibility index (Phi) is 3.02. The van der Waals surface area contributed by atoms with Gasteiger partial charge in [-0.2, -0.15) is 0 Å². The van der Waals surface area contributed by atoms with Crippen LogP contribution in [-0.2, 0) is 0 Å². The minimum Gasteiger partial charge on any atom is -0.388 e. The maximum atomic E-state index is 13.2. The van der Waals surface area contributed by atoms with Gasteiger partial charge in [-0.1, -0.05) is 25.8 Å². The van der Waals surface area contributed by atoms with Gasteiger partial charge in [0.2, 0.25) is 0 Å². The lowest BCUT2D eigenvalue weighted by molar-refractivity contribution is 0.0401. The monoisotopic (exact) mass is 222 g/mol. The molecule has 1 fully saturated rings. The number of halogens is 1. The summed E-state index contributed by atoms with van der Waals surface area (Å²) in [6.07, 6.45) is 3.86. The number of hydrogen-bond acceptors (Lipinski definition) is 1. The summed E-state index contributed by atoms with van der Waals surface area (Å²) in [7, 11) is 0. The Hall–Kier alpha value is -0.890. The summed E-state index contributed by atoms with van der Waals surface area (Å²) in [5.41, 5.74) is 1.66. The van der Waals surface area contributed by atoms with Crippen LogP contribution in [0, 0.1) is 18.2 Å². The van der Waals surface area contributed by atoms with Gasteiger partial charge in [0, 0.05) is 0 Å². The van der Waals surface area contributed by atoms with Crippen molar-refractivity contribution in [3.8, 4) is 0 Å². The van der Waals surface area contributed by atoms with Gasteiger partial charge >= 0.3 is 0 Å². The average molecular weight is 222 g/mol. The lowest BCUT2D eigenvalue weighted by Crippen LogP contribution is -2.22. The van der Waals surface area contributed by atoms with Gasteiger partial charge in [0.1, 0.15) is 5.82 Å². The molecule has 0 aliphatic heterocycles. The Morgan fingerprint density at radius 3 is 2.56 bits per heavy atom. The van der Waals surface area contributed by atoms with Gasteiger partial charge in [-0.3, -0.25) is 0 Å². The van der Waals surface area contributed by atoms with Crippen molar-refractivity contribution in [3.05, 3.63) is 35.1 Å². The van der Waals surface area contributed by atoms with E-state index < -0.39 is 6.10 Å². The number of rotatable bonds is 2. The van der Waals surface area contributed by atoms with E-state index in [9.17, 15) is 9.50 Å². The van der Waals surface area contributed by atoms with Gasteiger partial charge in [-0.05, 0) is 48.4 Å². The molecule has 1 unspecified atom stereocenters. The van der Waals surface area contributed by atoms with Crippen molar-refractivity contribution < 1.29 is 9.50 Å². The van der Waals surface area contributed by atoms with Gasteiger partial charge in [0.05, 0.1) is 6.10 Å². The molecule has 2 heteroatoms. The standard InChI is InChI=1S/C14H19FO/c1-10-5-6-11(15)9-12(10)13(16)14(2)7-3-4-8-14/h5-6,9,13,16H,3-4,7-8H2,1-2H3. The smallest absolute Gasteiger partial charge is 0.123 e. The fourth-order valence-corrected chi connectivity index (χ4v) is 2.74. The maximum Gasteiger partial charge on any atom is 0.123 e. The quantitative estimate of drug-likeness (QED) is 0.808. The molecule has 0 bridgehead atoms. The maximum absolute atomic E-state index is 13.2.